The van der Waals surface area contributed by atoms with E-state index in [1.807, 2.05) is 0 Å². The van der Waals surface area contributed by atoms with E-state index in [0.29, 0.717) is 0 Å². The van der Waals surface area contributed by atoms with E-state index >= 15 is 0 Å². The SMILES string of the molecule is CCCN1CCC[C@@H]2c3ccccc3C[C@H]21. The molecular formula is C15H21N. The van der Waals surface area contributed by atoms with Crippen molar-refractivity contribution in [1.82, 2.24) is 4.90 Å². The molecule has 0 radical (unpaired) electrons. The Bertz CT molecular complexity index is 369. The highest BCUT2D eigenvalue weighted by atomic mass is 15.2. The molecule has 1 aromatic rings. The first-order valence-corrected chi connectivity index (χ1v) is 6.72. The molecule has 16 heavy (non-hydrogen) atoms. The monoisotopic (exact) mass is 215 g/mol. The fourth-order valence-corrected chi connectivity index (χ4v) is 3.63. The van der Waals surface area contributed by atoms with E-state index < -0.39 is 0 Å². The smallest absolute Gasteiger partial charge is 0.0204 e. The average Bonchev–Trinajstić information content (AvgIpc) is 2.69. The first kappa shape index (κ1) is 10.3. The van der Waals surface area contributed by atoms with Gasteiger partial charge in [0.1, 0.15) is 0 Å². The van der Waals surface area contributed by atoms with Gasteiger partial charge in [0.15, 0.2) is 0 Å². The van der Waals surface area contributed by atoms with E-state index in [4.69, 9.17) is 0 Å². The van der Waals surface area contributed by atoms with Crippen LogP contribution in [0.25, 0.3) is 0 Å². The van der Waals surface area contributed by atoms with E-state index in [1.54, 1.807) is 11.1 Å². The summed E-state index contributed by atoms with van der Waals surface area (Å²) in [4.78, 5) is 2.73. The molecule has 2 aliphatic rings. The summed E-state index contributed by atoms with van der Waals surface area (Å²) in [5.41, 5.74) is 3.26. The molecule has 1 saturated heterocycles. The zero-order chi connectivity index (χ0) is 11.0. The van der Waals surface area contributed by atoms with Crippen LogP contribution in [0.3, 0.4) is 0 Å². The van der Waals surface area contributed by atoms with Crippen LogP contribution in [0, 0.1) is 0 Å². The number of piperidine rings is 1. The zero-order valence-corrected chi connectivity index (χ0v) is 10.2. The molecular weight excluding hydrogens is 194 g/mol. The molecule has 0 N–H and O–H groups in total. The zero-order valence-electron chi connectivity index (χ0n) is 10.2. The lowest BCUT2D eigenvalue weighted by molar-refractivity contribution is 0.137. The van der Waals surface area contributed by atoms with Crippen LogP contribution in [0.1, 0.15) is 43.2 Å². The van der Waals surface area contributed by atoms with Gasteiger partial charge in [-0.05, 0) is 49.9 Å². The number of likely N-dealkylation sites (tertiary alicyclic amines) is 1. The van der Waals surface area contributed by atoms with Gasteiger partial charge in [-0.15, -0.1) is 0 Å². The van der Waals surface area contributed by atoms with E-state index in [-0.39, 0.29) is 0 Å². The second-order valence-corrected chi connectivity index (χ2v) is 5.25. The number of hydrogen-bond acceptors (Lipinski definition) is 1. The fraction of sp³-hybridized carbons (Fsp3) is 0.600. The molecule has 0 aromatic heterocycles. The molecule has 86 valence electrons. The normalized spacial score (nSPS) is 28.8. The van der Waals surface area contributed by atoms with Crippen LogP contribution in [0.4, 0.5) is 0 Å². The van der Waals surface area contributed by atoms with Gasteiger partial charge in [-0.1, -0.05) is 31.2 Å². The molecule has 0 amide bonds. The van der Waals surface area contributed by atoms with Gasteiger partial charge in [-0.3, -0.25) is 4.90 Å². The summed E-state index contributed by atoms with van der Waals surface area (Å²) >= 11 is 0. The Hall–Kier alpha value is -0.820. The maximum Gasteiger partial charge on any atom is 0.0204 e. The van der Waals surface area contributed by atoms with Gasteiger partial charge in [0, 0.05) is 12.0 Å². The summed E-state index contributed by atoms with van der Waals surface area (Å²) in [7, 11) is 0. The Morgan fingerprint density at radius 1 is 1.31 bits per heavy atom. The summed E-state index contributed by atoms with van der Waals surface area (Å²) in [6.07, 6.45) is 5.37. The summed E-state index contributed by atoms with van der Waals surface area (Å²) in [5.74, 6) is 0.830. The molecule has 1 fully saturated rings. The van der Waals surface area contributed by atoms with E-state index in [9.17, 15) is 0 Å². The third-order valence-corrected chi connectivity index (χ3v) is 4.29. The Morgan fingerprint density at radius 3 is 3.06 bits per heavy atom. The van der Waals surface area contributed by atoms with Crippen LogP contribution in [-0.2, 0) is 6.42 Å². The van der Waals surface area contributed by atoms with E-state index in [1.165, 1.54) is 38.8 Å². The lowest BCUT2D eigenvalue weighted by Gasteiger charge is -2.37. The molecule has 1 aliphatic heterocycles. The van der Waals surface area contributed by atoms with Gasteiger partial charge in [-0.2, -0.15) is 0 Å². The lowest BCUT2D eigenvalue weighted by atomic mass is 9.88. The van der Waals surface area contributed by atoms with Crippen molar-refractivity contribution in [2.24, 2.45) is 0 Å². The minimum atomic E-state index is 0.811. The Kier molecular flexibility index (Phi) is 2.72. The van der Waals surface area contributed by atoms with Crippen molar-refractivity contribution in [3.63, 3.8) is 0 Å². The van der Waals surface area contributed by atoms with E-state index in [2.05, 4.69) is 36.1 Å². The molecule has 1 nitrogen and oxygen atoms in total. The summed E-state index contributed by atoms with van der Waals surface area (Å²) < 4.78 is 0. The maximum absolute atomic E-state index is 2.73. The molecule has 0 unspecified atom stereocenters. The molecule has 1 heteroatoms. The molecule has 2 atom stereocenters. The molecule has 0 bridgehead atoms. The summed E-state index contributed by atoms with van der Waals surface area (Å²) in [6, 6.07) is 9.90. The number of rotatable bonds is 2. The van der Waals surface area contributed by atoms with Crippen LogP contribution >= 0.6 is 0 Å². The van der Waals surface area contributed by atoms with Crippen molar-refractivity contribution in [3.8, 4) is 0 Å². The second kappa shape index (κ2) is 4.21. The van der Waals surface area contributed by atoms with Crippen molar-refractivity contribution in [2.75, 3.05) is 13.1 Å². The minimum Gasteiger partial charge on any atom is -0.299 e. The van der Waals surface area contributed by atoms with Gasteiger partial charge in [0.25, 0.3) is 0 Å². The Labute approximate surface area is 98.5 Å². The Morgan fingerprint density at radius 2 is 2.19 bits per heavy atom. The van der Waals surface area contributed by atoms with Crippen LogP contribution in [-0.4, -0.2) is 24.0 Å². The maximum atomic E-state index is 2.73. The molecule has 3 rings (SSSR count). The van der Waals surface area contributed by atoms with Gasteiger partial charge in [-0.25, -0.2) is 0 Å². The van der Waals surface area contributed by atoms with E-state index in [0.717, 1.165) is 12.0 Å². The lowest BCUT2D eigenvalue weighted by Crippen LogP contribution is -2.42. The standard InChI is InChI=1S/C15H21N/c1-2-9-16-10-5-8-14-13-7-4-3-6-12(13)11-15(14)16/h3-4,6-7,14-15H,2,5,8-11H2,1H3/t14-,15-/m1/s1. The average molecular weight is 215 g/mol. The third kappa shape index (κ3) is 1.58. The molecule has 0 spiro atoms. The summed E-state index contributed by atoms with van der Waals surface area (Å²) in [5, 5.41) is 0. The highest BCUT2D eigenvalue weighted by Crippen LogP contribution is 2.41. The summed E-state index contributed by atoms with van der Waals surface area (Å²) in [6.45, 7) is 4.91. The van der Waals surface area contributed by atoms with Crippen molar-refractivity contribution < 1.29 is 0 Å². The first-order valence-electron chi connectivity index (χ1n) is 6.72. The molecule has 1 aliphatic carbocycles. The highest BCUT2D eigenvalue weighted by molar-refractivity contribution is 5.38. The largest absolute Gasteiger partial charge is 0.299 e. The quantitative estimate of drug-likeness (QED) is 0.732. The molecule has 1 aromatic carbocycles. The fourth-order valence-electron chi connectivity index (χ4n) is 3.63. The first-order chi connectivity index (χ1) is 7.90. The van der Waals surface area contributed by atoms with Crippen molar-refractivity contribution in [2.45, 2.75) is 44.6 Å². The predicted molar refractivity (Wildman–Crippen MR) is 67.8 cm³/mol. The van der Waals surface area contributed by atoms with Gasteiger partial charge in [0.05, 0.1) is 0 Å². The molecule has 1 heterocycles. The van der Waals surface area contributed by atoms with Crippen LogP contribution in [0.15, 0.2) is 24.3 Å². The van der Waals surface area contributed by atoms with Gasteiger partial charge >= 0.3 is 0 Å². The van der Waals surface area contributed by atoms with Crippen LogP contribution < -0.4 is 0 Å². The number of benzene rings is 1. The second-order valence-electron chi connectivity index (χ2n) is 5.25. The van der Waals surface area contributed by atoms with Gasteiger partial charge < -0.3 is 0 Å². The van der Waals surface area contributed by atoms with Crippen molar-refractivity contribution in [1.29, 1.82) is 0 Å². The minimum absolute atomic E-state index is 0.811. The third-order valence-electron chi connectivity index (χ3n) is 4.29. The predicted octanol–water partition coefficient (Wildman–Crippen LogP) is 3.20. The number of nitrogens with zero attached hydrogens (tertiary/aromatic N) is 1. The number of fused-ring (bicyclic) bond motifs is 3. The van der Waals surface area contributed by atoms with Crippen LogP contribution in [0.5, 0.6) is 0 Å². The Balaban J connectivity index is 1.88. The highest BCUT2D eigenvalue weighted by Gasteiger charge is 2.37. The topological polar surface area (TPSA) is 3.24 Å². The van der Waals surface area contributed by atoms with Gasteiger partial charge in [0.2, 0.25) is 0 Å². The molecule has 0 saturated carbocycles. The van der Waals surface area contributed by atoms with Crippen LogP contribution in [0.2, 0.25) is 0 Å². The number of hydrogen-bond donors (Lipinski definition) is 0. The van der Waals surface area contributed by atoms with Crippen molar-refractivity contribution in [3.05, 3.63) is 35.4 Å². The van der Waals surface area contributed by atoms with Crippen molar-refractivity contribution >= 4 is 0 Å².